The first-order valence-corrected chi connectivity index (χ1v) is 6.84. The molecule has 1 aromatic carbocycles. The number of aliphatic hydroxyl groups excluding tert-OH is 1. The van der Waals surface area contributed by atoms with E-state index in [1.54, 1.807) is 0 Å². The second kappa shape index (κ2) is 5.97. The number of rotatable bonds is 6. The molecular formula is C15H21F2NO. The Labute approximate surface area is 113 Å². The maximum absolute atomic E-state index is 13.2. The van der Waals surface area contributed by atoms with Gasteiger partial charge in [-0.05, 0) is 36.5 Å². The first-order valence-electron chi connectivity index (χ1n) is 6.84. The number of hydrogen-bond donors (Lipinski definition) is 1. The van der Waals surface area contributed by atoms with E-state index in [1.165, 1.54) is 6.07 Å². The number of aliphatic hydroxyl groups is 1. The molecule has 1 N–H and O–H groups in total. The minimum absolute atomic E-state index is 0.438. The molecule has 4 heteroatoms. The molecule has 1 fully saturated rings. The number of benzene rings is 1. The van der Waals surface area contributed by atoms with Crippen LogP contribution in [0.5, 0.6) is 0 Å². The van der Waals surface area contributed by atoms with Crippen LogP contribution in [0.2, 0.25) is 0 Å². The molecule has 0 heterocycles. The second-order valence-electron chi connectivity index (χ2n) is 5.77. The molecule has 0 amide bonds. The van der Waals surface area contributed by atoms with Gasteiger partial charge in [-0.2, -0.15) is 0 Å². The lowest BCUT2D eigenvalue weighted by molar-refractivity contribution is 0.101. The van der Waals surface area contributed by atoms with Crippen molar-refractivity contribution in [1.82, 2.24) is 4.90 Å². The maximum atomic E-state index is 13.2. The molecule has 1 aliphatic rings. The highest BCUT2D eigenvalue weighted by atomic mass is 19.2. The molecule has 0 aromatic heterocycles. The third-order valence-corrected chi connectivity index (χ3v) is 3.40. The first-order chi connectivity index (χ1) is 8.97. The molecule has 0 saturated heterocycles. The van der Waals surface area contributed by atoms with Gasteiger partial charge < -0.3 is 5.11 Å². The van der Waals surface area contributed by atoms with Gasteiger partial charge in [-0.3, -0.25) is 4.90 Å². The Hall–Kier alpha value is -1.00. The van der Waals surface area contributed by atoms with Gasteiger partial charge in [0, 0.05) is 19.1 Å². The van der Waals surface area contributed by atoms with Crippen molar-refractivity contribution in [3.05, 3.63) is 35.4 Å². The molecule has 1 saturated carbocycles. The Balaban J connectivity index is 2.01. The molecule has 0 aliphatic heterocycles. The van der Waals surface area contributed by atoms with E-state index in [9.17, 15) is 13.9 Å². The fourth-order valence-corrected chi connectivity index (χ4v) is 2.33. The molecule has 1 aromatic rings. The molecule has 19 heavy (non-hydrogen) atoms. The summed E-state index contributed by atoms with van der Waals surface area (Å²) >= 11 is 0. The largest absolute Gasteiger partial charge is 0.387 e. The zero-order chi connectivity index (χ0) is 14.0. The van der Waals surface area contributed by atoms with E-state index in [0.29, 0.717) is 24.1 Å². The Morgan fingerprint density at radius 2 is 1.89 bits per heavy atom. The van der Waals surface area contributed by atoms with Gasteiger partial charge in [0.2, 0.25) is 0 Å². The van der Waals surface area contributed by atoms with E-state index < -0.39 is 17.7 Å². The van der Waals surface area contributed by atoms with Gasteiger partial charge in [-0.25, -0.2) is 8.78 Å². The zero-order valence-corrected chi connectivity index (χ0v) is 11.4. The Morgan fingerprint density at radius 1 is 1.21 bits per heavy atom. The Morgan fingerprint density at radius 3 is 2.42 bits per heavy atom. The predicted molar refractivity (Wildman–Crippen MR) is 70.8 cm³/mol. The Kier molecular flexibility index (Phi) is 4.53. The predicted octanol–water partition coefficient (Wildman–Crippen LogP) is 3.12. The summed E-state index contributed by atoms with van der Waals surface area (Å²) < 4.78 is 26.0. The van der Waals surface area contributed by atoms with E-state index in [-0.39, 0.29) is 0 Å². The van der Waals surface area contributed by atoms with Crippen LogP contribution in [-0.4, -0.2) is 29.1 Å². The molecule has 0 spiro atoms. The third kappa shape index (κ3) is 3.98. The van der Waals surface area contributed by atoms with Crippen LogP contribution in [-0.2, 0) is 0 Å². The van der Waals surface area contributed by atoms with Crippen LogP contribution in [0, 0.1) is 17.6 Å². The van der Waals surface area contributed by atoms with Crippen molar-refractivity contribution in [1.29, 1.82) is 0 Å². The molecule has 1 atom stereocenters. The molecular weight excluding hydrogens is 248 g/mol. The molecule has 2 rings (SSSR count). The second-order valence-corrected chi connectivity index (χ2v) is 5.77. The monoisotopic (exact) mass is 269 g/mol. The van der Waals surface area contributed by atoms with Crippen molar-refractivity contribution in [2.45, 2.75) is 38.8 Å². The van der Waals surface area contributed by atoms with Crippen LogP contribution < -0.4 is 0 Å². The molecule has 1 aliphatic carbocycles. The first kappa shape index (κ1) is 14.4. The van der Waals surface area contributed by atoms with Crippen LogP contribution in [0.1, 0.15) is 38.4 Å². The lowest BCUT2D eigenvalue weighted by Gasteiger charge is -2.26. The highest BCUT2D eigenvalue weighted by Gasteiger charge is 2.30. The molecule has 0 radical (unpaired) electrons. The smallest absolute Gasteiger partial charge is 0.159 e. The van der Waals surface area contributed by atoms with Gasteiger partial charge in [-0.15, -0.1) is 0 Å². The third-order valence-electron chi connectivity index (χ3n) is 3.40. The van der Waals surface area contributed by atoms with Gasteiger partial charge >= 0.3 is 0 Å². The molecule has 0 bridgehead atoms. The van der Waals surface area contributed by atoms with Crippen molar-refractivity contribution in [2.24, 2.45) is 5.92 Å². The normalized spacial score (nSPS) is 17.2. The van der Waals surface area contributed by atoms with Crippen LogP contribution in [0.4, 0.5) is 8.78 Å². The van der Waals surface area contributed by atoms with Crippen molar-refractivity contribution in [3.8, 4) is 0 Å². The highest BCUT2D eigenvalue weighted by molar-refractivity contribution is 5.20. The van der Waals surface area contributed by atoms with Gasteiger partial charge in [0.15, 0.2) is 11.6 Å². The van der Waals surface area contributed by atoms with Crippen LogP contribution in [0.25, 0.3) is 0 Å². The standard InChI is InChI=1S/C15H21F2NO/c1-10(2)8-18(12-4-5-12)9-15(19)11-3-6-13(16)14(17)7-11/h3,6-7,10,12,15,19H,4-5,8-9H2,1-2H3. The average molecular weight is 269 g/mol. The summed E-state index contributed by atoms with van der Waals surface area (Å²) in [5, 5.41) is 10.2. The summed E-state index contributed by atoms with van der Waals surface area (Å²) in [6.45, 7) is 5.68. The van der Waals surface area contributed by atoms with Crippen molar-refractivity contribution < 1.29 is 13.9 Å². The summed E-state index contributed by atoms with van der Waals surface area (Å²) in [5.74, 6) is -1.26. The minimum Gasteiger partial charge on any atom is -0.387 e. The van der Waals surface area contributed by atoms with Crippen molar-refractivity contribution >= 4 is 0 Å². The number of nitrogens with zero attached hydrogens (tertiary/aromatic N) is 1. The topological polar surface area (TPSA) is 23.5 Å². The number of hydrogen-bond acceptors (Lipinski definition) is 2. The van der Waals surface area contributed by atoms with Crippen LogP contribution in [0.3, 0.4) is 0 Å². The minimum atomic E-state index is -0.904. The van der Waals surface area contributed by atoms with E-state index in [2.05, 4.69) is 18.7 Å². The molecule has 1 unspecified atom stereocenters. The summed E-state index contributed by atoms with van der Waals surface area (Å²) in [6, 6.07) is 4.14. The summed E-state index contributed by atoms with van der Waals surface area (Å²) in [5.41, 5.74) is 0.438. The van der Waals surface area contributed by atoms with E-state index >= 15 is 0 Å². The van der Waals surface area contributed by atoms with Gasteiger partial charge in [-0.1, -0.05) is 19.9 Å². The van der Waals surface area contributed by atoms with E-state index in [1.807, 2.05) is 0 Å². The quantitative estimate of drug-likeness (QED) is 0.857. The highest BCUT2D eigenvalue weighted by Crippen LogP contribution is 2.29. The van der Waals surface area contributed by atoms with Gasteiger partial charge in [0.25, 0.3) is 0 Å². The van der Waals surface area contributed by atoms with Gasteiger partial charge in [0.05, 0.1) is 6.10 Å². The van der Waals surface area contributed by atoms with Crippen molar-refractivity contribution in [3.63, 3.8) is 0 Å². The summed E-state index contributed by atoms with van der Waals surface area (Å²) in [7, 11) is 0. The summed E-state index contributed by atoms with van der Waals surface area (Å²) in [4.78, 5) is 2.25. The van der Waals surface area contributed by atoms with Crippen LogP contribution in [0.15, 0.2) is 18.2 Å². The fourth-order valence-electron chi connectivity index (χ4n) is 2.33. The average Bonchev–Trinajstić information content (AvgIpc) is 3.15. The molecule has 2 nitrogen and oxygen atoms in total. The Bertz CT molecular complexity index is 432. The van der Waals surface area contributed by atoms with Crippen molar-refractivity contribution in [2.75, 3.05) is 13.1 Å². The lowest BCUT2D eigenvalue weighted by Crippen LogP contribution is -2.34. The van der Waals surface area contributed by atoms with E-state index in [4.69, 9.17) is 0 Å². The lowest BCUT2D eigenvalue weighted by atomic mass is 10.1. The SMILES string of the molecule is CC(C)CN(CC(O)c1ccc(F)c(F)c1)C1CC1. The van der Waals surface area contributed by atoms with E-state index in [0.717, 1.165) is 31.5 Å². The zero-order valence-electron chi connectivity index (χ0n) is 11.4. The number of halogens is 2. The maximum Gasteiger partial charge on any atom is 0.159 e. The molecule has 106 valence electrons. The van der Waals surface area contributed by atoms with Crippen LogP contribution >= 0.6 is 0 Å². The summed E-state index contributed by atoms with van der Waals surface area (Å²) in [6.07, 6.45) is 1.56. The fraction of sp³-hybridized carbons (Fsp3) is 0.600. The van der Waals surface area contributed by atoms with Gasteiger partial charge in [0.1, 0.15) is 0 Å².